The summed E-state index contributed by atoms with van der Waals surface area (Å²) in [6, 6.07) is -0.300. The summed E-state index contributed by atoms with van der Waals surface area (Å²) in [5, 5.41) is 18.2. The molecule has 0 aliphatic rings. The summed E-state index contributed by atoms with van der Waals surface area (Å²) in [6.07, 6.45) is 3.78. The lowest BCUT2D eigenvalue weighted by molar-refractivity contribution is 0.218. The van der Waals surface area contributed by atoms with E-state index in [1.54, 1.807) is 24.1 Å². The van der Waals surface area contributed by atoms with Crippen molar-refractivity contribution in [1.82, 2.24) is 15.1 Å². The third kappa shape index (κ3) is 3.90. The SMILES string of the molecule is Cn1cc(NC(=O)NC(C)(C)CCO)cn1. The number of rotatable bonds is 4. The molecule has 3 N–H and O–H groups in total. The van der Waals surface area contributed by atoms with Gasteiger partial charge in [0.05, 0.1) is 11.9 Å². The molecule has 90 valence electrons. The van der Waals surface area contributed by atoms with Crippen molar-refractivity contribution in [1.29, 1.82) is 0 Å². The Morgan fingerprint density at radius 1 is 1.62 bits per heavy atom. The number of nitrogens with zero attached hydrogens (tertiary/aromatic N) is 2. The fraction of sp³-hybridized carbons (Fsp3) is 0.600. The number of amides is 2. The van der Waals surface area contributed by atoms with Crippen LogP contribution < -0.4 is 10.6 Å². The van der Waals surface area contributed by atoms with E-state index in [0.29, 0.717) is 12.1 Å². The van der Waals surface area contributed by atoms with Gasteiger partial charge in [0.1, 0.15) is 0 Å². The Morgan fingerprint density at radius 2 is 2.31 bits per heavy atom. The molecule has 0 aliphatic carbocycles. The van der Waals surface area contributed by atoms with Gasteiger partial charge in [-0.15, -0.1) is 0 Å². The monoisotopic (exact) mass is 226 g/mol. The Bertz CT molecular complexity index is 359. The smallest absolute Gasteiger partial charge is 0.319 e. The van der Waals surface area contributed by atoms with Crippen molar-refractivity contribution >= 4 is 11.7 Å². The molecule has 0 unspecified atom stereocenters. The van der Waals surface area contributed by atoms with Crippen molar-refractivity contribution < 1.29 is 9.90 Å². The molecule has 0 atom stereocenters. The molecule has 0 saturated heterocycles. The van der Waals surface area contributed by atoms with Gasteiger partial charge in [-0.05, 0) is 20.3 Å². The maximum atomic E-state index is 11.6. The summed E-state index contributed by atoms with van der Waals surface area (Å²) in [4.78, 5) is 11.6. The molecule has 1 aromatic rings. The van der Waals surface area contributed by atoms with Crippen molar-refractivity contribution in [2.24, 2.45) is 7.05 Å². The number of aliphatic hydroxyl groups excluding tert-OH is 1. The van der Waals surface area contributed by atoms with Gasteiger partial charge in [0.25, 0.3) is 0 Å². The van der Waals surface area contributed by atoms with Crippen LogP contribution in [0.2, 0.25) is 0 Å². The van der Waals surface area contributed by atoms with E-state index in [2.05, 4.69) is 15.7 Å². The fourth-order valence-corrected chi connectivity index (χ4v) is 1.30. The van der Waals surface area contributed by atoms with Crippen molar-refractivity contribution in [2.45, 2.75) is 25.8 Å². The molecule has 0 radical (unpaired) electrons. The van der Waals surface area contributed by atoms with Gasteiger partial charge in [-0.2, -0.15) is 5.10 Å². The zero-order valence-electron chi connectivity index (χ0n) is 9.82. The van der Waals surface area contributed by atoms with Gasteiger partial charge in [-0.3, -0.25) is 4.68 Å². The highest BCUT2D eigenvalue weighted by atomic mass is 16.3. The Kier molecular flexibility index (Phi) is 3.89. The molecule has 0 saturated carbocycles. The summed E-state index contributed by atoms with van der Waals surface area (Å²) < 4.78 is 1.61. The first kappa shape index (κ1) is 12.5. The minimum Gasteiger partial charge on any atom is -0.396 e. The van der Waals surface area contributed by atoms with Crippen LogP contribution in [0.1, 0.15) is 20.3 Å². The number of carbonyl (C=O) groups excluding carboxylic acids is 1. The predicted molar refractivity (Wildman–Crippen MR) is 61.1 cm³/mol. The van der Waals surface area contributed by atoms with Gasteiger partial charge in [-0.25, -0.2) is 4.79 Å². The molecular weight excluding hydrogens is 208 g/mol. The number of urea groups is 1. The summed E-state index contributed by atoms with van der Waals surface area (Å²) in [7, 11) is 1.78. The van der Waals surface area contributed by atoms with Crippen LogP contribution >= 0.6 is 0 Å². The standard InChI is InChI=1S/C10H18N4O2/c1-10(2,4-5-15)13-9(16)12-8-6-11-14(3)7-8/h6-7,15H,4-5H2,1-3H3,(H2,12,13,16). The summed E-state index contributed by atoms with van der Waals surface area (Å²) in [6.45, 7) is 3.75. The second-order valence-electron chi connectivity index (χ2n) is 4.34. The van der Waals surface area contributed by atoms with Crippen molar-refractivity contribution in [2.75, 3.05) is 11.9 Å². The number of aryl methyl sites for hydroxylation is 1. The maximum absolute atomic E-state index is 11.6. The molecule has 0 bridgehead atoms. The van der Waals surface area contributed by atoms with E-state index >= 15 is 0 Å². The predicted octanol–water partition coefficient (Wildman–Crippen LogP) is 0.703. The van der Waals surface area contributed by atoms with Crippen LogP contribution in [0.5, 0.6) is 0 Å². The first-order valence-electron chi connectivity index (χ1n) is 5.11. The van der Waals surface area contributed by atoms with E-state index in [1.807, 2.05) is 13.8 Å². The molecule has 0 aromatic carbocycles. The third-order valence-corrected chi connectivity index (χ3v) is 2.15. The third-order valence-electron chi connectivity index (χ3n) is 2.15. The average molecular weight is 226 g/mol. The zero-order valence-corrected chi connectivity index (χ0v) is 9.82. The Balaban J connectivity index is 2.47. The number of anilines is 1. The number of hydrogen-bond acceptors (Lipinski definition) is 3. The summed E-state index contributed by atoms with van der Waals surface area (Å²) >= 11 is 0. The van der Waals surface area contributed by atoms with E-state index in [4.69, 9.17) is 5.11 Å². The molecule has 1 heterocycles. The number of nitrogens with one attached hydrogen (secondary N) is 2. The largest absolute Gasteiger partial charge is 0.396 e. The molecular formula is C10H18N4O2. The van der Waals surface area contributed by atoms with Crippen molar-refractivity contribution in [3.05, 3.63) is 12.4 Å². The van der Waals surface area contributed by atoms with Crippen LogP contribution in [0.4, 0.5) is 10.5 Å². The molecule has 1 aromatic heterocycles. The quantitative estimate of drug-likeness (QED) is 0.707. The van der Waals surface area contributed by atoms with Crippen LogP contribution in [0.25, 0.3) is 0 Å². The normalized spacial score (nSPS) is 11.2. The zero-order chi connectivity index (χ0) is 12.2. The fourth-order valence-electron chi connectivity index (χ4n) is 1.30. The number of carbonyl (C=O) groups is 1. The van der Waals surface area contributed by atoms with Gasteiger partial charge >= 0.3 is 6.03 Å². The van der Waals surface area contributed by atoms with E-state index in [1.165, 1.54) is 0 Å². The van der Waals surface area contributed by atoms with Gasteiger partial charge in [0, 0.05) is 25.4 Å². The highest BCUT2D eigenvalue weighted by Gasteiger charge is 2.19. The molecule has 0 fully saturated rings. The number of aliphatic hydroxyl groups is 1. The van der Waals surface area contributed by atoms with E-state index in [0.717, 1.165) is 0 Å². The number of aromatic nitrogens is 2. The van der Waals surface area contributed by atoms with Gasteiger partial charge in [-0.1, -0.05) is 0 Å². The van der Waals surface area contributed by atoms with Crippen molar-refractivity contribution in [3.63, 3.8) is 0 Å². The minimum atomic E-state index is -0.430. The molecule has 16 heavy (non-hydrogen) atoms. The van der Waals surface area contributed by atoms with Gasteiger partial charge < -0.3 is 15.7 Å². The van der Waals surface area contributed by atoms with Crippen LogP contribution in [0.3, 0.4) is 0 Å². The minimum absolute atomic E-state index is 0.0418. The lowest BCUT2D eigenvalue weighted by Gasteiger charge is -2.25. The van der Waals surface area contributed by atoms with E-state index in [-0.39, 0.29) is 12.6 Å². The van der Waals surface area contributed by atoms with Gasteiger partial charge in [0.15, 0.2) is 0 Å². The topological polar surface area (TPSA) is 79.2 Å². The molecule has 0 aliphatic heterocycles. The molecule has 1 rings (SSSR count). The second-order valence-corrected chi connectivity index (χ2v) is 4.34. The van der Waals surface area contributed by atoms with Gasteiger partial charge in [0.2, 0.25) is 0 Å². The van der Waals surface area contributed by atoms with Crippen molar-refractivity contribution in [3.8, 4) is 0 Å². The van der Waals surface area contributed by atoms with E-state index in [9.17, 15) is 4.79 Å². The molecule has 0 spiro atoms. The van der Waals surface area contributed by atoms with Crippen LogP contribution in [0, 0.1) is 0 Å². The Hall–Kier alpha value is -1.56. The Labute approximate surface area is 94.6 Å². The lowest BCUT2D eigenvalue weighted by Crippen LogP contribution is -2.46. The summed E-state index contributed by atoms with van der Waals surface area (Å²) in [5.41, 5.74) is 0.209. The second kappa shape index (κ2) is 4.98. The first-order valence-corrected chi connectivity index (χ1v) is 5.11. The highest BCUT2D eigenvalue weighted by Crippen LogP contribution is 2.08. The molecule has 6 nitrogen and oxygen atoms in total. The maximum Gasteiger partial charge on any atom is 0.319 e. The lowest BCUT2D eigenvalue weighted by atomic mass is 10.0. The van der Waals surface area contributed by atoms with E-state index < -0.39 is 5.54 Å². The summed E-state index contributed by atoms with van der Waals surface area (Å²) in [5.74, 6) is 0. The average Bonchev–Trinajstić information content (AvgIpc) is 2.49. The molecule has 2 amide bonds. The Morgan fingerprint density at radius 3 is 2.81 bits per heavy atom. The highest BCUT2D eigenvalue weighted by molar-refractivity contribution is 5.89. The molecule has 6 heteroatoms. The first-order chi connectivity index (χ1) is 7.43. The van der Waals surface area contributed by atoms with Crippen LogP contribution in [0.15, 0.2) is 12.4 Å². The van der Waals surface area contributed by atoms with Crippen LogP contribution in [-0.4, -0.2) is 33.1 Å². The number of hydrogen-bond donors (Lipinski definition) is 3. The van der Waals surface area contributed by atoms with Crippen LogP contribution in [-0.2, 0) is 7.05 Å².